The number of rotatable bonds is 17. The minimum Gasteiger partial charge on any atom is -0.497 e. The van der Waals surface area contributed by atoms with E-state index in [1.165, 1.54) is 13.8 Å². The summed E-state index contributed by atoms with van der Waals surface area (Å²) in [5.74, 6) is 1.60. The van der Waals surface area contributed by atoms with E-state index in [1.54, 1.807) is 14.0 Å². The summed E-state index contributed by atoms with van der Waals surface area (Å²) in [6.07, 6.45) is -2.42. The molecule has 1 saturated heterocycles. The third-order valence-corrected chi connectivity index (χ3v) is 9.66. The maximum atomic E-state index is 14.2. The van der Waals surface area contributed by atoms with Gasteiger partial charge in [0.15, 0.2) is 6.10 Å². The molecular weight excluding hydrogens is 659 g/mol. The highest BCUT2D eigenvalue weighted by Crippen LogP contribution is 2.45. The van der Waals surface area contributed by atoms with Crippen molar-refractivity contribution in [2.24, 2.45) is 5.41 Å². The Balaban J connectivity index is 1.48. The number of methoxy groups -OCH3 is 1. The van der Waals surface area contributed by atoms with Gasteiger partial charge in [-0.1, -0.05) is 36.4 Å². The van der Waals surface area contributed by atoms with Gasteiger partial charge in [0.05, 0.1) is 24.7 Å². The number of alkyl halides is 3. The minimum atomic E-state index is -4.35. The molecule has 0 aliphatic carbocycles. The molecule has 3 aromatic rings. The molecule has 1 aliphatic heterocycles. The quantitative estimate of drug-likeness (QED) is 0.129. The molecule has 1 fully saturated rings. The van der Waals surface area contributed by atoms with Gasteiger partial charge >= 0.3 is 12.1 Å². The number of hydrogen-bond donors (Lipinski definition) is 0. The second-order valence-electron chi connectivity index (χ2n) is 14.7. The number of nitrogens with zero attached hydrogens (tertiary/aromatic N) is 1. The minimum absolute atomic E-state index is 0.139. The maximum Gasteiger partial charge on any atom is 0.395 e. The first-order valence-electron chi connectivity index (χ1n) is 17.8. The Morgan fingerprint density at radius 3 is 2.00 bits per heavy atom. The van der Waals surface area contributed by atoms with Crippen LogP contribution in [0.1, 0.15) is 77.5 Å². The standard InChI is InChI=1S/C41H54F3NO6/c1-8-48-36(37(46)49-9-2)26-30-10-16-34(17-11-30)51-35-18-12-31(13-19-35)27-45(29-38(3,4)41(42,43)44)24-22-40(23-25-50-39(5,6)28-40)32-14-20-33(47-7)21-15-32/h10-21,36H,8-9,22-29H2,1-7H3/t36-,40+/m0/s1. The smallest absolute Gasteiger partial charge is 0.395 e. The van der Waals surface area contributed by atoms with Gasteiger partial charge in [0.1, 0.15) is 17.2 Å². The van der Waals surface area contributed by atoms with Crippen LogP contribution in [0.15, 0.2) is 72.8 Å². The van der Waals surface area contributed by atoms with Crippen molar-refractivity contribution in [3.8, 4) is 17.2 Å². The maximum absolute atomic E-state index is 14.2. The fraction of sp³-hybridized carbons (Fsp3) is 0.537. The average Bonchev–Trinajstić information content (AvgIpc) is 3.08. The molecule has 0 radical (unpaired) electrons. The van der Waals surface area contributed by atoms with E-state index in [9.17, 15) is 18.0 Å². The van der Waals surface area contributed by atoms with E-state index in [1.807, 2.05) is 72.5 Å². The number of esters is 1. The van der Waals surface area contributed by atoms with Crippen LogP contribution in [0.5, 0.6) is 17.2 Å². The predicted molar refractivity (Wildman–Crippen MR) is 192 cm³/mol. The SMILES string of the molecule is CCOC(=O)[C@H](Cc1ccc(Oc2ccc(CN(CC[C@@]3(c4ccc(OC)cc4)CCOC(C)(C)C3)CC(C)(C)C(F)(F)F)cc2)cc1)OCC. The second-order valence-corrected chi connectivity index (χ2v) is 14.7. The summed E-state index contributed by atoms with van der Waals surface area (Å²) in [5, 5.41) is 0. The van der Waals surface area contributed by atoms with Gasteiger partial charge in [-0.3, -0.25) is 4.90 Å². The van der Waals surface area contributed by atoms with Crippen molar-refractivity contribution in [2.75, 3.05) is 40.0 Å². The topological polar surface area (TPSA) is 66.5 Å². The van der Waals surface area contributed by atoms with E-state index >= 15 is 0 Å². The van der Waals surface area contributed by atoms with Crippen LogP contribution in [0.3, 0.4) is 0 Å². The Hall–Kier alpha value is -3.60. The molecule has 280 valence electrons. The average molecular weight is 714 g/mol. The molecule has 0 saturated carbocycles. The summed E-state index contributed by atoms with van der Waals surface area (Å²) in [4.78, 5) is 14.2. The molecular formula is C41H54F3NO6. The van der Waals surface area contributed by atoms with Crippen LogP contribution in [0, 0.1) is 5.41 Å². The predicted octanol–water partition coefficient (Wildman–Crippen LogP) is 9.31. The molecule has 0 unspecified atom stereocenters. The lowest BCUT2D eigenvalue weighted by molar-refractivity contribution is -0.217. The number of hydrogen-bond acceptors (Lipinski definition) is 7. The molecule has 3 aromatic carbocycles. The molecule has 0 amide bonds. The highest BCUT2D eigenvalue weighted by atomic mass is 19.4. The third-order valence-electron chi connectivity index (χ3n) is 9.66. The zero-order valence-corrected chi connectivity index (χ0v) is 31.1. The van der Waals surface area contributed by atoms with Crippen LogP contribution >= 0.6 is 0 Å². The summed E-state index contributed by atoms with van der Waals surface area (Å²) < 4.78 is 70.9. The molecule has 10 heteroatoms. The van der Waals surface area contributed by atoms with Crippen molar-refractivity contribution in [1.29, 1.82) is 0 Å². The van der Waals surface area contributed by atoms with Crippen molar-refractivity contribution in [3.05, 3.63) is 89.5 Å². The summed E-state index contributed by atoms with van der Waals surface area (Å²) in [5.41, 5.74) is 0.427. The van der Waals surface area contributed by atoms with Gasteiger partial charge in [0.25, 0.3) is 0 Å². The summed E-state index contributed by atoms with van der Waals surface area (Å²) in [6.45, 7) is 12.3. The molecule has 2 atom stereocenters. The lowest BCUT2D eigenvalue weighted by Crippen LogP contribution is -2.47. The molecule has 0 aromatic heterocycles. The lowest BCUT2D eigenvalue weighted by Gasteiger charge is -2.46. The van der Waals surface area contributed by atoms with E-state index in [4.69, 9.17) is 23.7 Å². The van der Waals surface area contributed by atoms with E-state index in [0.29, 0.717) is 50.6 Å². The largest absolute Gasteiger partial charge is 0.497 e. The highest BCUT2D eigenvalue weighted by molar-refractivity contribution is 5.75. The summed E-state index contributed by atoms with van der Waals surface area (Å²) >= 11 is 0. The molecule has 1 heterocycles. The van der Waals surface area contributed by atoms with E-state index in [2.05, 4.69) is 26.0 Å². The van der Waals surface area contributed by atoms with E-state index in [-0.39, 0.29) is 30.1 Å². The first kappa shape index (κ1) is 40.2. The van der Waals surface area contributed by atoms with Gasteiger partial charge in [-0.25, -0.2) is 4.79 Å². The number of benzene rings is 3. The normalized spacial score (nSPS) is 18.3. The zero-order valence-electron chi connectivity index (χ0n) is 31.1. The Morgan fingerprint density at radius 1 is 0.882 bits per heavy atom. The van der Waals surface area contributed by atoms with Crippen LogP contribution in [-0.2, 0) is 37.4 Å². The third kappa shape index (κ3) is 11.2. The monoisotopic (exact) mass is 713 g/mol. The van der Waals surface area contributed by atoms with Crippen molar-refractivity contribution >= 4 is 5.97 Å². The molecule has 0 N–H and O–H groups in total. The lowest BCUT2D eigenvalue weighted by atomic mass is 9.67. The van der Waals surface area contributed by atoms with Gasteiger partial charge in [-0.15, -0.1) is 0 Å². The first-order valence-corrected chi connectivity index (χ1v) is 17.8. The fourth-order valence-electron chi connectivity index (χ4n) is 6.87. The second kappa shape index (κ2) is 17.3. The number of halogens is 3. The van der Waals surface area contributed by atoms with Crippen LogP contribution < -0.4 is 9.47 Å². The summed E-state index contributed by atoms with van der Waals surface area (Å²) in [6, 6.07) is 23.0. The fourth-order valence-corrected chi connectivity index (χ4v) is 6.87. The molecule has 7 nitrogen and oxygen atoms in total. The van der Waals surface area contributed by atoms with Crippen molar-refractivity contribution in [2.45, 2.75) is 97.1 Å². The molecule has 4 rings (SSSR count). The number of carbonyl (C=O) groups is 1. The van der Waals surface area contributed by atoms with Gasteiger partial charge < -0.3 is 23.7 Å². The van der Waals surface area contributed by atoms with Gasteiger partial charge in [-0.2, -0.15) is 13.2 Å². The highest BCUT2D eigenvalue weighted by Gasteiger charge is 2.48. The van der Waals surface area contributed by atoms with Crippen LogP contribution in [0.4, 0.5) is 13.2 Å². The van der Waals surface area contributed by atoms with Crippen LogP contribution in [0.25, 0.3) is 0 Å². The Kier molecular flexibility index (Phi) is 13.6. The number of ether oxygens (including phenoxy) is 5. The Labute approximate surface area is 301 Å². The van der Waals surface area contributed by atoms with E-state index in [0.717, 1.165) is 35.3 Å². The van der Waals surface area contributed by atoms with Gasteiger partial charge in [0.2, 0.25) is 0 Å². The van der Waals surface area contributed by atoms with Crippen molar-refractivity contribution < 1.29 is 41.7 Å². The number of carbonyl (C=O) groups excluding carboxylic acids is 1. The van der Waals surface area contributed by atoms with Crippen LogP contribution in [-0.4, -0.2) is 68.8 Å². The van der Waals surface area contributed by atoms with Crippen LogP contribution in [0.2, 0.25) is 0 Å². The van der Waals surface area contributed by atoms with Gasteiger partial charge in [0, 0.05) is 38.1 Å². The first-order chi connectivity index (χ1) is 24.1. The molecule has 1 aliphatic rings. The Bertz CT molecular complexity index is 1520. The molecule has 51 heavy (non-hydrogen) atoms. The van der Waals surface area contributed by atoms with E-state index < -0.39 is 17.7 Å². The van der Waals surface area contributed by atoms with Crippen molar-refractivity contribution in [3.63, 3.8) is 0 Å². The molecule has 0 bridgehead atoms. The van der Waals surface area contributed by atoms with Crippen molar-refractivity contribution in [1.82, 2.24) is 4.90 Å². The summed E-state index contributed by atoms with van der Waals surface area (Å²) in [7, 11) is 1.63. The van der Waals surface area contributed by atoms with Gasteiger partial charge in [-0.05, 0) is 120 Å². The Morgan fingerprint density at radius 2 is 1.47 bits per heavy atom. The molecule has 0 spiro atoms. The zero-order chi connectivity index (χ0) is 37.3.